The maximum absolute atomic E-state index is 2.21. The van der Waals surface area contributed by atoms with E-state index < -0.39 is 0 Å². The summed E-state index contributed by atoms with van der Waals surface area (Å²) in [6.07, 6.45) is 0. The zero-order valence-electron chi connectivity index (χ0n) is 27.5. The lowest BCUT2D eigenvalue weighted by atomic mass is 10.0. The topological polar surface area (TPSA) is 0 Å². The smallest absolute Gasteiger partial charge is 0.0219 e. The van der Waals surface area contributed by atoms with E-state index in [0.29, 0.717) is 23.7 Å². The molecule has 0 nitrogen and oxygen atoms in total. The number of hydrogen-bond acceptors (Lipinski definition) is 0. The van der Waals surface area contributed by atoms with E-state index in [2.05, 4.69) is 180 Å². The summed E-state index contributed by atoms with van der Waals surface area (Å²) in [4.78, 5) is 0. The van der Waals surface area contributed by atoms with Crippen LogP contribution in [0.15, 0.2) is 97.1 Å². The lowest BCUT2D eigenvalue weighted by molar-refractivity contribution is 0.866. The van der Waals surface area contributed by atoms with E-state index in [1.165, 1.54) is 44.5 Å². The average Bonchev–Trinajstić information content (AvgIpc) is 2.91. The fourth-order valence-electron chi connectivity index (χ4n) is 3.81. The molecule has 4 rings (SSSR count). The van der Waals surface area contributed by atoms with Crippen molar-refractivity contribution in [3.8, 4) is 0 Å². The first-order chi connectivity index (χ1) is 18.8. The van der Waals surface area contributed by atoms with Gasteiger partial charge in [-0.25, -0.2) is 0 Å². The van der Waals surface area contributed by atoms with Crippen LogP contribution in [0.4, 0.5) is 0 Å². The van der Waals surface area contributed by atoms with Crippen molar-refractivity contribution >= 4 is 0 Å². The van der Waals surface area contributed by atoms with Crippen molar-refractivity contribution in [3.05, 3.63) is 142 Å². The van der Waals surface area contributed by atoms with Crippen molar-refractivity contribution in [2.45, 2.75) is 114 Å². The summed E-state index contributed by atoms with van der Waals surface area (Å²) in [6.45, 7) is 26.2. The highest BCUT2D eigenvalue weighted by Gasteiger charge is 1.97. The molecule has 0 aliphatic carbocycles. The molecule has 0 saturated heterocycles. The van der Waals surface area contributed by atoms with Crippen molar-refractivity contribution in [1.82, 2.24) is 0 Å². The quantitative estimate of drug-likeness (QED) is 0.236. The lowest BCUT2D eigenvalue weighted by Gasteiger charge is -2.03. The first kappa shape index (κ1) is 37.9. The third kappa shape index (κ3) is 16.0. The molecule has 0 radical (unpaired) electrons. The van der Waals surface area contributed by atoms with Gasteiger partial charge in [-0.2, -0.15) is 0 Å². The summed E-state index contributed by atoms with van der Waals surface area (Å²) in [5.74, 6) is 2.61. The predicted octanol–water partition coefficient (Wildman–Crippen LogP) is 13.1. The van der Waals surface area contributed by atoms with E-state index in [1.54, 1.807) is 0 Å². The molecule has 41 heavy (non-hydrogen) atoms. The molecule has 0 aromatic heterocycles. The largest absolute Gasteiger partial charge is 0.0776 e. The molecule has 0 aliphatic heterocycles. The zero-order valence-corrected chi connectivity index (χ0v) is 27.5. The van der Waals surface area contributed by atoms with Gasteiger partial charge in [0.2, 0.25) is 0 Å². The van der Waals surface area contributed by atoms with E-state index in [0.717, 1.165) is 0 Å². The Morgan fingerprint density at radius 3 is 0.488 bits per heavy atom. The number of benzene rings is 4. The minimum absolute atomic E-state index is 0. The fraction of sp³-hybridized carbons (Fsp3) is 0.415. The van der Waals surface area contributed by atoms with E-state index in [9.17, 15) is 0 Å². The van der Waals surface area contributed by atoms with Crippen molar-refractivity contribution < 1.29 is 0 Å². The Labute approximate surface area is 255 Å². The number of aryl methyl sites for hydroxylation is 4. The molecule has 0 atom stereocenters. The maximum Gasteiger partial charge on any atom is -0.0219 e. The molecule has 4 aromatic rings. The van der Waals surface area contributed by atoms with E-state index in [-0.39, 0.29) is 7.43 Å². The highest BCUT2D eigenvalue weighted by Crippen LogP contribution is 2.16. The first-order valence-electron chi connectivity index (χ1n) is 15.1. The van der Waals surface area contributed by atoms with Gasteiger partial charge in [0.05, 0.1) is 0 Å². The molecular weight excluding hydrogens is 492 g/mol. The van der Waals surface area contributed by atoms with Crippen molar-refractivity contribution in [1.29, 1.82) is 0 Å². The molecule has 224 valence electrons. The minimum Gasteiger partial charge on any atom is -0.0776 e. The zero-order chi connectivity index (χ0) is 30.2. The first-order valence-corrected chi connectivity index (χ1v) is 15.1. The number of hydrogen-bond donors (Lipinski definition) is 0. The molecule has 0 fully saturated rings. The van der Waals surface area contributed by atoms with Crippen molar-refractivity contribution in [3.63, 3.8) is 0 Å². The van der Waals surface area contributed by atoms with Crippen LogP contribution in [0.25, 0.3) is 0 Å². The monoisotopic (exact) mass is 552 g/mol. The second-order valence-corrected chi connectivity index (χ2v) is 12.3. The van der Waals surface area contributed by atoms with Gasteiger partial charge in [0.25, 0.3) is 0 Å². The highest BCUT2D eigenvalue weighted by atomic mass is 14.0. The van der Waals surface area contributed by atoms with Crippen LogP contribution in [0, 0.1) is 27.7 Å². The molecule has 0 saturated carbocycles. The van der Waals surface area contributed by atoms with Crippen LogP contribution in [0.2, 0.25) is 0 Å². The Morgan fingerprint density at radius 2 is 0.390 bits per heavy atom. The predicted molar refractivity (Wildman–Crippen MR) is 188 cm³/mol. The summed E-state index contributed by atoms with van der Waals surface area (Å²) >= 11 is 0. The van der Waals surface area contributed by atoms with E-state index in [1.807, 2.05) is 0 Å². The van der Waals surface area contributed by atoms with Crippen LogP contribution in [-0.2, 0) is 0 Å². The SMILES string of the molecule is C.Cc1ccc(C(C)C)cc1.Cc1ccc(C(C)C)cc1.Cc1ccc(C(C)C)cc1.Cc1ccc(C(C)C)cc1. The van der Waals surface area contributed by atoms with Gasteiger partial charge in [0, 0.05) is 0 Å². The summed E-state index contributed by atoms with van der Waals surface area (Å²) in [5, 5.41) is 0. The average molecular weight is 553 g/mol. The molecular formula is C41H60. The van der Waals surface area contributed by atoms with Crippen LogP contribution in [0.3, 0.4) is 0 Å². The van der Waals surface area contributed by atoms with Crippen LogP contribution in [-0.4, -0.2) is 0 Å². The Bertz CT molecular complexity index is 973. The normalized spacial score (nSPS) is 10.1. The fourth-order valence-corrected chi connectivity index (χ4v) is 3.81. The van der Waals surface area contributed by atoms with Crippen LogP contribution in [0.1, 0.15) is 131 Å². The third-order valence-corrected chi connectivity index (χ3v) is 6.98. The van der Waals surface area contributed by atoms with Crippen LogP contribution >= 0.6 is 0 Å². The van der Waals surface area contributed by atoms with Gasteiger partial charge in [-0.15, -0.1) is 0 Å². The molecule has 0 bridgehead atoms. The summed E-state index contributed by atoms with van der Waals surface area (Å²) < 4.78 is 0. The maximum atomic E-state index is 2.21. The van der Waals surface area contributed by atoms with Gasteiger partial charge < -0.3 is 0 Å². The highest BCUT2D eigenvalue weighted by molar-refractivity contribution is 5.25. The Morgan fingerprint density at radius 1 is 0.268 bits per heavy atom. The van der Waals surface area contributed by atoms with E-state index in [4.69, 9.17) is 0 Å². The van der Waals surface area contributed by atoms with Crippen molar-refractivity contribution in [2.75, 3.05) is 0 Å². The van der Waals surface area contributed by atoms with E-state index >= 15 is 0 Å². The summed E-state index contributed by atoms with van der Waals surface area (Å²) in [6, 6.07) is 34.9. The molecule has 0 aliphatic rings. The van der Waals surface area contributed by atoms with Gasteiger partial charge in [-0.1, -0.05) is 182 Å². The number of rotatable bonds is 4. The molecule has 0 unspecified atom stereocenters. The van der Waals surface area contributed by atoms with Gasteiger partial charge >= 0.3 is 0 Å². The molecule has 0 amide bonds. The Hall–Kier alpha value is -3.12. The van der Waals surface area contributed by atoms with Gasteiger partial charge in [-0.05, 0) is 73.6 Å². The van der Waals surface area contributed by atoms with Crippen LogP contribution in [0.5, 0.6) is 0 Å². The Balaban J connectivity index is 0.000000516. The Kier molecular flexibility index (Phi) is 18.4. The van der Waals surface area contributed by atoms with Gasteiger partial charge in [-0.3, -0.25) is 0 Å². The van der Waals surface area contributed by atoms with Gasteiger partial charge in [0.1, 0.15) is 0 Å². The lowest BCUT2D eigenvalue weighted by Crippen LogP contribution is -1.85. The molecule has 4 aromatic carbocycles. The summed E-state index contributed by atoms with van der Waals surface area (Å²) in [5.41, 5.74) is 11.0. The molecule has 0 heteroatoms. The van der Waals surface area contributed by atoms with Crippen LogP contribution < -0.4 is 0 Å². The molecule has 0 N–H and O–H groups in total. The minimum atomic E-state index is 0. The third-order valence-electron chi connectivity index (χ3n) is 6.98. The second kappa shape index (κ2) is 19.9. The molecule has 0 heterocycles. The second-order valence-electron chi connectivity index (χ2n) is 12.3. The van der Waals surface area contributed by atoms with Gasteiger partial charge in [0.15, 0.2) is 0 Å². The summed E-state index contributed by atoms with van der Waals surface area (Å²) in [7, 11) is 0. The van der Waals surface area contributed by atoms with Crippen molar-refractivity contribution in [2.24, 2.45) is 0 Å². The molecule has 0 spiro atoms. The standard InChI is InChI=1S/4C10H14.CH4/c4*1-8(2)10-6-4-9(3)5-7-10;/h4*4-8H,1-3H3;1H4.